The average Bonchev–Trinajstić information content (AvgIpc) is 3.17. The van der Waals surface area contributed by atoms with Crippen LogP contribution >= 0.6 is 11.3 Å². The highest BCUT2D eigenvalue weighted by atomic mass is 32.1. The monoisotopic (exact) mass is 398 g/mol. The van der Waals surface area contributed by atoms with Gasteiger partial charge in [0.05, 0.1) is 27.0 Å². The maximum absolute atomic E-state index is 12.7. The number of ether oxygens (including phenoxy) is 3. The van der Waals surface area contributed by atoms with Gasteiger partial charge in [0.1, 0.15) is 0 Å². The van der Waals surface area contributed by atoms with Gasteiger partial charge in [0.2, 0.25) is 5.75 Å². The third kappa shape index (κ3) is 3.94. The van der Waals surface area contributed by atoms with Crippen molar-refractivity contribution in [1.29, 1.82) is 0 Å². The standard InChI is InChI=1S/C21H22N2O4S/c1-12-6-7-14(8-13(12)2)16-11-28-21(22-16)23-20(24)15-9-17(25-3)19(27-5)18(10-15)26-4/h6-11H,1-5H3,(H,22,23,24). The van der Waals surface area contributed by atoms with E-state index >= 15 is 0 Å². The molecule has 0 saturated carbocycles. The molecule has 0 fully saturated rings. The lowest BCUT2D eigenvalue weighted by atomic mass is 10.1. The Morgan fingerprint density at radius 3 is 2.21 bits per heavy atom. The van der Waals surface area contributed by atoms with E-state index in [0.717, 1.165) is 11.3 Å². The van der Waals surface area contributed by atoms with Gasteiger partial charge in [0, 0.05) is 16.5 Å². The van der Waals surface area contributed by atoms with Crippen molar-refractivity contribution in [2.24, 2.45) is 0 Å². The summed E-state index contributed by atoms with van der Waals surface area (Å²) in [7, 11) is 4.54. The number of methoxy groups -OCH3 is 3. The van der Waals surface area contributed by atoms with Crippen molar-refractivity contribution >= 4 is 22.4 Å². The minimum absolute atomic E-state index is 0.305. The second kappa shape index (κ2) is 8.31. The predicted molar refractivity (Wildman–Crippen MR) is 111 cm³/mol. The first-order valence-electron chi connectivity index (χ1n) is 8.61. The second-order valence-corrected chi connectivity index (χ2v) is 7.06. The van der Waals surface area contributed by atoms with Crippen molar-refractivity contribution < 1.29 is 19.0 Å². The summed E-state index contributed by atoms with van der Waals surface area (Å²) >= 11 is 1.37. The maximum atomic E-state index is 12.7. The molecule has 0 saturated heterocycles. The fourth-order valence-corrected chi connectivity index (χ4v) is 3.46. The molecule has 3 rings (SSSR count). The smallest absolute Gasteiger partial charge is 0.257 e. The highest BCUT2D eigenvalue weighted by Gasteiger charge is 2.18. The van der Waals surface area contributed by atoms with Gasteiger partial charge < -0.3 is 14.2 Å². The Bertz CT molecular complexity index is 988. The molecule has 1 heterocycles. The average molecular weight is 398 g/mol. The van der Waals surface area contributed by atoms with Gasteiger partial charge in [-0.2, -0.15) is 0 Å². The van der Waals surface area contributed by atoms with Gasteiger partial charge in [-0.25, -0.2) is 4.98 Å². The number of nitrogens with zero attached hydrogens (tertiary/aromatic N) is 1. The van der Waals surface area contributed by atoms with Crippen molar-refractivity contribution in [2.75, 3.05) is 26.6 Å². The molecule has 0 unspecified atom stereocenters. The molecule has 0 aliphatic heterocycles. The molecule has 0 bridgehead atoms. The first kappa shape index (κ1) is 19.7. The highest BCUT2D eigenvalue weighted by Crippen LogP contribution is 2.38. The predicted octanol–water partition coefficient (Wildman–Crippen LogP) is 4.71. The molecule has 1 N–H and O–H groups in total. The number of hydrogen-bond acceptors (Lipinski definition) is 6. The molecule has 3 aromatic rings. The van der Waals surface area contributed by atoms with Crippen LogP contribution in [0.2, 0.25) is 0 Å². The van der Waals surface area contributed by atoms with Crippen LogP contribution in [0, 0.1) is 13.8 Å². The molecule has 146 valence electrons. The minimum atomic E-state index is -0.305. The van der Waals surface area contributed by atoms with Crippen LogP contribution in [-0.4, -0.2) is 32.2 Å². The molecular formula is C21H22N2O4S. The van der Waals surface area contributed by atoms with Crippen molar-refractivity contribution in [2.45, 2.75) is 13.8 Å². The number of carbonyl (C=O) groups excluding carboxylic acids is 1. The molecule has 0 radical (unpaired) electrons. The van der Waals surface area contributed by atoms with E-state index in [4.69, 9.17) is 14.2 Å². The third-order valence-electron chi connectivity index (χ3n) is 4.45. The molecule has 1 amide bonds. The second-order valence-electron chi connectivity index (χ2n) is 6.21. The lowest BCUT2D eigenvalue weighted by Crippen LogP contribution is -2.12. The minimum Gasteiger partial charge on any atom is -0.493 e. The van der Waals surface area contributed by atoms with Gasteiger partial charge in [-0.3, -0.25) is 10.1 Å². The summed E-state index contributed by atoms with van der Waals surface area (Å²) in [5, 5.41) is 5.28. The van der Waals surface area contributed by atoms with Crippen LogP contribution in [0.1, 0.15) is 21.5 Å². The number of anilines is 1. The van der Waals surface area contributed by atoms with E-state index in [1.54, 1.807) is 12.1 Å². The molecule has 0 aliphatic rings. The lowest BCUT2D eigenvalue weighted by molar-refractivity contribution is 0.102. The highest BCUT2D eigenvalue weighted by molar-refractivity contribution is 7.14. The van der Waals surface area contributed by atoms with Crippen molar-refractivity contribution in [3.05, 3.63) is 52.4 Å². The van der Waals surface area contributed by atoms with Crippen molar-refractivity contribution in [3.63, 3.8) is 0 Å². The Kier molecular flexibility index (Phi) is 5.84. The first-order valence-corrected chi connectivity index (χ1v) is 9.49. The molecule has 0 atom stereocenters. The molecule has 6 nitrogen and oxygen atoms in total. The molecule has 0 aliphatic carbocycles. The Balaban J connectivity index is 1.84. The van der Waals surface area contributed by atoms with Crippen LogP contribution < -0.4 is 19.5 Å². The molecule has 0 spiro atoms. The van der Waals surface area contributed by atoms with Gasteiger partial charge in [0.15, 0.2) is 16.6 Å². The number of aryl methyl sites for hydroxylation is 2. The normalized spacial score (nSPS) is 10.5. The number of amides is 1. The zero-order valence-corrected chi connectivity index (χ0v) is 17.3. The Morgan fingerprint density at radius 2 is 1.64 bits per heavy atom. The molecule has 7 heteroatoms. The Morgan fingerprint density at radius 1 is 0.964 bits per heavy atom. The summed E-state index contributed by atoms with van der Waals surface area (Å²) in [5.41, 5.74) is 4.67. The summed E-state index contributed by atoms with van der Waals surface area (Å²) in [4.78, 5) is 17.2. The van der Waals surface area contributed by atoms with Crippen LogP contribution in [-0.2, 0) is 0 Å². The van der Waals surface area contributed by atoms with Crippen molar-refractivity contribution in [1.82, 2.24) is 4.98 Å². The number of nitrogens with one attached hydrogen (secondary N) is 1. The summed E-state index contributed by atoms with van der Waals surface area (Å²) in [6.07, 6.45) is 0. The Labute approximate surface area is 168 Å². The number of benzene rings is 2. The van der Waals surface area contributed by atoms with Crippen LogP contribution in [0.4, 0.5) is 5.13 Å². The van der Waals surface area contributed by atoms with Gasteiger partial charge >= 0.3 is 0 Å². The van der Waals surface area contributed by atoms with E-state index in [-0.39, 0.29) is 5.91 Å². The lowest BCUT2D eigenvalue weighted by Gasteiger charge is -2.13. The number of aromatic nitrogens is 1. The van der Waals surface area contributed by atoms with Crippen molar-refractivity contribution in [3.8, 4) is 28.5 Å². The number of thiazole rings is 1. The van der Waals surface area contributed by atoms with E-state index in [1.807, 2.05) is 11.4 Å². The van der Waals surface area contributed by atoms with E-state index in [1.165, 1.54) is 43.8 Å². The quantitative estimate of drug-likeness (QED) is 0.651. The summed E-state index contributed by atoms with van der Waals surface area (Å²) in [5.74, 6) is 0.969. The number of carbonyl (C=O) groups is 1. The Hall–Kier alpha value is -3.06. The third-order valence-corrected chi connectivity index (χ3v) is 5.21. The largest absolute Gasteiger partial charge is 0.493 e. The zero-order valence-electron chi connectivity index (χ0n) is 16.5. The fourth-order valence-electron chi connectivity index (χ4n) is 2.75. The molecule has 28 heavy (non-hydrogen) atoms. The zero-order chi connectivity index (χ0) is 20.3. The fraction of sp³-hybridized carbons (Fsp3) is 0.238. The molecule has 2 aromatic carbocycles. The van der Waals surface area contributed by atoms with E-state index < -0.39 is 0 Å². The van der Waals surface area contributed by atoms with Gasteiger partial charge in [0.25, 0.3) is 5.91 Å². The number of rotatable bonds is 6. The summed E-state index contributed by atoms with van der Waals surface area (Å²) in [6.45, 7) is 4.14. The topological polar surface area (TPSA) is 69.7 Å². The SMILES string of the molecule is COc1cc(C(=O)Nc2nc(-c3ccc(C)c(C)c3)cs2)cc(OC)c1OC. The van der Waals surface area contributed by atoms with Gasteiger partial charge in [-0.05, 0) is 43.2 Å². The first-order chi connectivity index (χ1) is 13.5. The van der Waals surface area contributed by atoms with Crippen LogP contribution in [0.3, 0.4) is 0 Å². The summed E-state index contributed by atoms with van der Waals surface area (Å²) in [6, 6.07) is 9.40. The van der Waals surface area contributed by atoms with Gasteiger partial charge in [-0.1, -0.05) is 12.1 Å². The summed E-state index contributed by atoms with van der Waals surface area (Å²) < 4.78 is 15.9. The van der Waals surface area contributed by atoms with E-state index in [0.29, 0.717) is 27.9 Å². The van der Waals surface area contributed by atoms with Crippen LogP contribution in [0.25, 0.3) is 11.3 Å². The van der Waals surface area contributed by atoms with Gasteiger partial charge in [-0.15, -0.1) is 11.3 Å². The van der Waals surface area contributed by atoms with E-state index in [2.05, 4.69) is 36.3 Å². The maximum Gasteiger partial charge on any atom is 0.257 e. The number of hydrogen-bond donors (Lipinski definition) is 1. The van der Waals surface area contributed by atoms with Crippen LogP contribution in [0.5, 0.6) is 17.2 Å². The van der Waals surface area contributed by atoms with E-state index in [9.17, 15) is 4.79 Å². The van der Waals surface area contributed by atoms with Crippen LogP contribution in [0.15, 0.2) is 35.7 Å². The molecule has 1 aromatic heterocycles. The molecular weight excluding hydrogens is 376 g/mol.